The Kier molecular flexibility index (Phi) is 5.62. The molecule has 166 valence electrons. The van der Waals surface area contributed by atoms with E-state index in [4.69, 9.17) is 27.9 Å². The predicted octanol–water partition coefficient (Wildman–Crippen LogP) is 4.21. The summed E-state index contributed by atoms with van der Waals surface area (Å²) < 4.78 is 7.60. The number of hydrogen-bond donors (Lipinski definition) is 3. The Morgan fingerprint density at radius 1 is 1.16 bits per heavy atom. The summed E-state index contributed by atoms with van der Waals surface area (Å²) in [5, 5.41) is 20.5. The van der Waals surface area contributed by atoms with E-state index in [-0.39, 0.29) is 35.6 Å². The molecule has 9 nitrogen and oxygen atoms in total. The first kappa shape index (κ1) is 21.0. The SMILES string of the molecule is O=C(Nc1c(Cl)cccc1Cl)c1cnc(Nc2cnn([C@@H]3CC[C@H]3O)c2)nc1OC1CC1. The highest BCUT2D eigenvalue weighted by molar-refractivity contribution is 6.40. The zero-order valence-electron chi connectivity index (χ0n) is 16.8. The highest BCUT2D eigenvalue weighted by Crippen LogP contribution is 2.34. The minimum absolute atomic E-state index is 0.0112. The highest BCUT2D eigenvalue weighted by Gasteiger charge is 2.31. The van der Waals surface area contributed by atoms with E-state index in [0.717, 1.165) is 25.7 Å². The van der Waals surface area contributed by atoms with Gasteiger partial charge in [-0.2, -0.15) is 10.1 Å². The maximum absolute atomic E-state index is 12.9. The number of nitrogens with one attached hydrogen (secondary N) is 2. The molecule has 2 fully saturated rings. The minimum Gasteiger partial charge on any atom is -0.474 e. The van der Waals surface area contributed by atoms with Crippen LogP contribution in [0.25, 0.3) is 0 Å². The van der Waals surface area contributed by atoms with Gasteiger partial charge in [-0.15, -0.1) is 0 Å². The molecule has 2 aliphatic carbocycles. The number of carbonyl (C=O) groups excluding carboxylic acids is 1. The van der Waals surface area contributed by atoms with Crippen molar-refractivity contribution < 1.29 is 14.6 Å². The number of rotatable bonds is 7. The molecule has 2 saturated carbocycles. The third kappa shape index (κ3) is 4.36. The molecule has 3 aromatic rings. The number of aliphatic hydroxyl groups excluding tert-OH is 1. The van der Waals surface area contributed by atoms with Crippen molar-refractivity contribution in [1.29, 1.82) is 0 Å². The van der Waals surface area contributed by atoms with Gasteiger partial charge in [0.25, 0.3) is 5.91 Å². The molecule has 0 aliphatic heterocycles. The summed E-state index contributed by atoms with van der Waals surface area (Å²) in [6.45, 7) is 0. The van der Waals surface area contributed by atoms with E-state index in [0.29, 0.717) is 21.4 Å². The first-order valence-electron chi connectivity index (χ1n) is 10.3. The molecule has 0 bridgehead atoms. The summed E-state index contributed by atoms with van der Waals surface area (Å²) in [7, 11) is 0. The summed E-state index contributed by atoms with van der Waals surface area (Å²) in [5.41, 5.74) is 1.15. The molecule has 2 aromatic heterocycles. The molecule has 2 atom stereocenters. The number of amides is 1. The van der Waals surface area contributed by atoms with Gasteiger partial charge >= 0.3 is 0 Å². The second-order valence-corrected chi connectivity index (χ2v) is 8.64. The zero-order valence-corrected chi connectivity index (χ0v) is 18.3. The van der Waals surface area contributed by atoms with Crippen LogP contribution in [0.1, 0.15) is 42.1 Å². The topological polar surface area (TPSA) is 114 Å². The van der Waals surface area contributed by atoms with Gasteiger partial charge < -0.3 is 20.5 Å². The van der Waals surface area contributed by atoms with Crippen LogP contribution in [-0.2, 0) is 0 Å². The molecule has 0 radical (unpaired) electrons. The van der Waals surface area contributed by atoms with Crippen LogP contribution in [0.4, 0.5) is 17.3 Å². The smallest absolute Gasteiger partial charge is 0.262 e. The molecule has 1 aromatic carbocycles. The molecule has 0 unspecified atom stereocenters. The zero-order chi connectivity index (χ0) is 22.2. The minimum atomic E-state index is -0.478. The van der Waals surface area contributed by atoms with Crippen LogP contribution < -0.4 is 15.4 Å². The number of benzene rings is 1. The first-order chi connectivity index (χ1) is 15.5. The molecule has 3 N–H and O–H groups in total. The van der Waals surface area contributed by atoms with E-state index in [1.807, 2.05) is 0 Å². The Bertz CT molecular complexity index is 1150. The van der Waals surface area contributed by atoms with E-state index in [2.05, 4.69) is 25.7 Å². The van der Waals surface area contributed by atoms with Gasteiger partial charge in [0, 0.05) is 12.4 Å². The third-order valence-corrected chi connectivity index (χ3v) is 6.03. The Morgan fingerprint density at radius 3 is 2.59 bits per heavy atom. The van der Waals surface area contributed by atoms with Gasteiger partial charge in [0.05, 0.1) is 39.8 Å². The van der Waals surface area contributed by atoms with Crippen LogP contribution >= 0.6 is 23.2 Å². The van der Waals surface area contributed by atoms with Gasteiger partial charge in [0.1, 0.15) is 11.7 Å². The second-order valence-electron chi connectivity index (χ2n) is 7.83. The van der Waals surface area contributed by atoms with Crippen LogP contribution in [0.3, 0.4) is 0 Å². The lowest BCUT2D eigenvalue weighted by Crippen LogP contribution is -2.33. The number of anilines is 3. The number of aromatic nitrogens is 4. The Hall–Kier alpha value is -2.88. The van der Waals surface area contributed by atoms with Crippen molar-refractivity contribution in [2.75, 3.05) is 10.6 Å². The molecule has 0 spiro atoms. The van der Waals surface area contributed by atoms with Gasteiger partial charge in [-0.3, -0.25) is 9.48 Å². The largest absolute Gasteiger partial charge is 0.474 e. The van der Waals surface area contributed by atoms with Crippen molar-refractivity contribution >= 4 is 46.4 Å². The van der Waals surface area contributed by atoms with Crippen molar-refractivity contribution in [3.63, 3.8) is 0 Å². The van der Waals surface area contributed by atoms with Crippen molar-refractivity contribution in [1.82, 2.24) is 19.7 Å². The molecule has 32 heavy (non-hydrogen) atoms. The maximum atomic E-state index is 12.9. The lowest BCUT2D eigenvalue weighted by Gasteiger charge is -2.32. The lowest BCUT2D eigenvalue weighted by atomic mass is 9.89. The number of nitrogens with zero attached hydrogens (tertiary/aromatic N) is 4. The second kappa shape index (κ2) is 8.57. The normalized spacial score (nSPS) is 19.8. The predicted molar refractivity (Wildman–Crippen MR) is 120 cm³/mol. The summed E-state index contributed by atoms with van der Waals surface area (Å²) in [6, 6.07) is 4.95. The summed E-state index contributed by atoms with van der Waals surface area (Å²) in [4.78, 5) is 21.6. The van der Waals surface area contributed by atoms with Gasteiger partial charge in [-0.05, 0) is 37.8 Å². The summed E-state index contributed by atoms with van der Waals surface area (Å²) >= 11 is 12.3. The average Bonchev–Trinajstić information content (AvgIpc) is 3.47. The number of carbonyl (C=O) groups is 1. The van der Waals surface area contributed by atoms with Gasteiger partial charge in [0.15, 0.2) is 0 Å². The van der Waals surface area contributed by atoms with Crippen molar-refractivity contribution in [3.8, 4) is 5.88 Å². The van der Waals surface area contributed by atoms with Gasteiger partial charge in [-0.25, -0.2) is 4.98 Å². The van der Waals surface area contributed by atoms with Crippen LogP contribution in [0.15, 0.2) is 36.8 Å². The molecular weight excluding hydrogens is 455 g/mol. The van der Waals surface area contributed by atoms with Crippen LogP contribution in [-0.4, -0.2) is 43.0 Å². The van der Waals surface area contributed by atoms with Crippen molar-refractivity contribution in [2.45, 2.75) is 43.9 Å². The molecule has 11 heteroatoms. The number of ether oxygens (including phenoxy) is 1. The molecular formula is C21H20Cl2N6O3. The highest BCUT2D eigenvalue weighted by atomic mass is 35.5. The quantitative estimate of drug-likeness (QED) is 0.469. The third-order valence-electron chi connectivity index (χ3n) is 5.40. The Morgan fingerprint density at radius 2 is 1.94 bits per heavy atom. The fourth-order valence-corrected chi connectivity index (χ4v) is 3.79. The average molecular weight is 475 g/mol. The number of hydrogen-bond acceptors (Lipinski definition) is 7. The van der Waals surface area contributed by atoms with Crippen molar-refractivity contribution in [3.05, 3.63) is 52.4 Å². The fourth-order valence-electron chi connectivity index (χ4n) is 3.30. The van der Waals surface area contributed by atoms with E-state index < -0.39 is 5.91 Å². The summed E-state index contributed by atoms with van der Waals surface area (Å²) in [6.07, 6.45) is 7.94. The summed E-state index contributed by atoms with van der Waals surface area (Å²) in [5.74, 6) is -0.0387. The number of para-hydroxylation sites is 1. The first-order valence-corrected chi connectivity index (χ1v) is 11.0. The maximum Gasteiger partial charge on any atom is 0.262 e. The Balaban J connectivity index is 1.36. The molecule has 2 aliphatic rings. The van der Waals surface area contributed by atoms with E-state index in [1.54, 1.807) is 35.3 Å². The lowest BCUT2D eigenvalue weighted by molar-refractivity contribution is 0.0254. The Labute approximate surface area is 193 Å². The van der Waals surface area contributed by atoms with Crippen LogP contribution in [0.2, 0.25) is 10.0 Å². The molecule has 2 heterocycles. The van der Waals surface area contributed by atoms with Gasteiger partial charge in [0.2, 0.25) is 11.8 Å². The van der Waals surface area contributed by atoms with E-state index >= 15 is 0 Å². The number of aliphatic hydroxyl groups is 1. The number of halogens is 2. The van der Waals surface area contributed by atoms with Crippen molar-refractivity contribution in [2.24, 2.45) is 0 Å². The van der Waals surface area contributed by atoms with E-state index in [1.165, 1.54) is 6.20 Å². The van der Waals surface area contributed by atoms with Crippen LogP contribution in [0, 0.1) is 0 Å². The monoisotopic (exact) mass is 474 g/mol. The molecule has 1 amide bonds. The standard InChI is InChI=1S/C21H20Cl2N6O3/c22-14-2-1-3-15(23)18(14)27-19(31)13-9-24-21(28-20(13)32-12-4-5-12)26-11-8-25-29(10-11)16-6-7-17(16)30/h1-3,8-10,12,16-17,30H,4-7H2,(H,27,31)(H,24,26,28)/t16-,17-/m1/s1. The van der Waals surface area contributed by atoms with Gasteiger partial charge in [-0.1, -0.05) is 29.3 Å². The molecule has 0 saturated heterocycles. The fraction of sp³-hybridized carbons (Fsp3) is 0.333. The molecule has 5 rings (SSSR count). The van der Waals surface area contributed by atoms with E-state index in [9.17, 15) is 9.90 Å². The van der Waals surface area contributed by atoms with Crippen LogP contribution in [0.5, 0.6) is 5.88 Å².